The van der Waals surface area contributed by atoms with Gasteiger partial charge in [0.2, 0.25) is 0 Å². The van der Waals surface area contributed by atoms with E-state index in [4.69, 9.17) is 4.74 Å². The van der Waals surface area contributed by atoms with E-state index in [1.54, 1.807) is 6.07 Å². The molecule has 21 heavy (non-hydrogen) atoms. The number of nitrogens with one attached hydrogen (secondary N) is 1. The third-order valence-corrected chi connectivity index (χ3v) is 3.83. The molecule has 0 bridgehead atoms. The molecule has 1 aromatic rings. The van der Waals surface area contributed by atoms with E-state index in [0.29, 0.717) is 11.6 Å². The molecule has 1 aliphatic rings. The van der Waals surface area contributed by atoms with Gasteiger partial charge in [-0.1, -0.05) is 25.5 Å². The lowest BCUT2D eigenvalue weighted by Gasteiger charge is -2.36. The quantitative estimate of drug-likeness (QED) is 0.848. The van der Waals surface area contributed by atoms with Crippen molar-refractivity contribution in [3.63, 3.8) is 0 Å². The molecule has 1 aromatic carbocycles. The fraction of sp³-hybridized carbons (Fsp3) is 0.562. The first-order chi connectivity index (χ1) is 9.74. The highest BCUT2D eigenvalue weighted by atomic mass is 35.5. The van der Waals surface area contributed by atoms with E-state index in [0.717, 1.165) is 26.2 Å². The first kappa shape index (κ1) is 18.0. The van der Waals surface area contributed by atoms with Gasteiger partial charge < -0.3 is 10.1 Å². The highest BCUT2D eigenvalue weighted by Gasteiger charge is 2.21. The van der Waals surface area contributed by atoms with Crippen molar-refractivity contribution >= 4 is 18.4 Å². The zero-order valence-corrected chi connectivity index (χ0v) is 13.6. The van der Waals surface area contributed by atoms with E-state index in [9.17, 15) is 4.79 Å². The van der Waals surface area contributed by atoms with E-state index in [-0.39, 0.29) is 18.4 Å². The third kappa shape index (κ3) is 4.99. The van der Waals surface area contributed by atoms with Crippen molar-refractivity contribution in [3.8, 4) is 0 Å². The summed E-state index contributed by atoms with van der Waals surface area (Å²) in [7, 11) is 1.42. The summed E-state index contributed by atoms with van der Waals surface area (Å²) in [6.07, 6.45) is 2.41. The molecule has 1 fully saturated rings. The molecule has 1 unspecified atom stereocenters. The van der Waals surface area contributed by atoms with Gasteiger partial charge in [0.15, 0.2) is 0 Å². The topological polar surface area (TPSA) is 41.6 Å². The molecule has 1 atom stereocenters. The predicted molar refractivity (Wildman–Crippen MR) is 87.0 cm³/mol. The zero-order chi connectivity index (χ0) is 14.4. The van der Waals surface area contributed by atoms with E-state index >= 15 is 0 Å². The van der Waals surface area contributed by atoms with E-state index in [1.165, 1.54) is 25.5 Å². The Kier molecular flexibility index (Phi) is 7.72. The van der Waals surface area contributed by atoms with Gasteiger partial charge in [0.25, 0.3) is 0 Å². The summed E-state index contributed by atoms with van der Waals surface area (Å²) in [4.78, 5) is 14.1. The minimum atomic E-state index is -0.266. The number of hydrogen-bond donors (Lipinski definition) is 1. The summed E-state index contributed by atoms with van der Waals surface area (Å²) in [6, 6.07) is 8.35. The number of carbonyl (C=O) groups is 1. The number of hydrogen-bond acceptors (Lipinski definition) is 4. The number of benzene rings is 1. The monoisotopic (exact) mass is 312 g/mol. The normalized spacial score (nSPS) is 18.9. The lowest BCUT2D eigenvalue weighted by molar-refractivity contribution is 0.0600. The maximum absolute atomic E-state index is 11.6. The van der Waals surface area contributed by atoms with Gasteiger partial charge in [-0.3, -0.25) is 4.90 Å². The molecule has 1 aliphatic heterocycles. The van der Waals surface area contributed by atoms with Crippen LogP contribution in [0.2, 0.25) is 0 Å². The standard InChI is InChI=1S/C16H24N2O2.ClH/c1-3-5-15-11-17-8-9-18(15)12-13-6-4-7-14(10-13)16(19)20-2;/h4,6-7,10,15,17H,3,5,8-9,11-12H2,1-2H3;1H. The summed E-state index contributed by atoms with van der Waals surface area (Å²) in [5, 5.41) is 3.46. The van der Waals surface area contributed by atoms with Crippen LogP contribution in [0.4, 0.5) is 0 Å². The van der Waals surface area contributed by atoms with Crippen molar-refractivity contribution in [2.45, 2.75) is 32.4 Å². The maximum Gasteiger partial charge on any atom is 0.337 e. The predicted octanol–water partition coefficient (Wildman–Crippen LogP) is 2.47. The Balaban J connectivity index is 0.00000220. The van der Waals surface area contributed by atoms with Crippen LogP contribution in [0, 0.1) is 0 Å². The fourth-order valence-corrected chi connectivity index (χ4v) is 2.78. The smallest absolute Gasteiger partial charge is 0.337 e. The van der Waals surface area contributed by atoms with Crippen LogP contribution in [0.25, 0.3) is 0 Å². The third-order valence-electron chi connectivity index (χ3n) is 3.83. The Morgan fingerprint density at radius 1 is 1.48 bits per heavy atom. The Hall–Kier alpha value is -1.10. The van der Waals surface area contributed by atoms with Gasteiger partial charge in [0, 0.05) is 32.2 Å². The number of esters is 1. The number of ether oxygens (including phenoxy) is 1. The first-order valence-corrected chi connectivity index (χ1v) is 7.36. The molecule has 0 radical (unpaired) electrons. The Morgan fingerprint density at radius 2 is 2.29 bits per heavy atom. The van der Waals surface area contributed by atoms with Crippen molar-refractivity contribution < 1.29 is 9.53 Å². The fourth-order valence-electron chi connectivity index (χ4n) is 2.78. The maximum atomic E-state index is 11.6. The van der Waals surface area contributed by atoms with Gasteiger partial charge >= 0.3 is 5.97 Å². The summed E-state index contributed by atoms with van der Waals surface area (Å²) in [5.74, 6) is -0.266. The SMILES string of the molecule is CCCC1CNCCN1Cc1cccc(C(=O)OC)c1.Cl. The van der Waals surface area contributed by atoms with Gasteiger partial charge in [0.1, 0.15) is 0 Å². The molecule has 4 nitrogen and oxygen atoms in total. The minimum absolute atomic E-state index is 0. The summed E-state index contributed by atoms with van der Waals surface area (Å²) in [6.45, 7) is 6.29. The number of halogens is 1. The number of methoxy groups -OCH3 is 1. The molecular weight excluding hydrogens is 288 g/mol. The van der Waals surface area contributed by atoms with Crippen LogP contribution in [-0.4, -0.2) is 43.7 Å². The van der Waals surface area contributed by atoms with Crippen LogP contribution in [-0.2, 0) is 11.3 Å². The second-order valence-electron chi connectivity index (χ2n) is 5.31. The average Bonchev–Trinajstić information content (AvgIpc) is 2.49. The van der Waals surface area contributed by atoms with Crippen LogP contribution in [0.1, 0.15) is 35.7 Å². The molecule has 1 saturated heterocycles. The molecule has 0 saturated carbocycles. The molecule has 0 amide bonds. The Bertz CT molecular complexity index is 452. The van der Waals surface area contributed by atoms with Gasteiger partial charge in [-0.05, 0) is 24.1 Å². The van der Waals surface area contributed by atoms with Crippen LogP contribution < -0.4 is 5.32 Å². The second-order valence-corrected chi connectivity index (χ2v) is 5.31. The molecular formula is C16H25ClN2O2. The van der Waals surface area contributed by atoms with Gasteiger partial charge in [0.05, 0.1) is 12.7 Å². The van der Waals surface area contributed by atoms with Crippen LogP contribution in [0.5, 0.6) is 0 Å². The van der Waals surface area contributed by atoms with E-state index < -0.39 is 0 Å². The van der Waals surface area contributed by atoms with Crippen molar-refractivity contribution in [1.29, 1.82) is 0 Å². The highest BCUT2D eigenvalue weighted by molar-refractivity contribution is 5.89. The molecule has 0 spiro atoms. The van der Waals surface area contributed by atoms with Crippen molar-refractivity contribution in [1.82, 2.24) is 10.2 Å². The van der Waals surface area contributed by atoms with Gasteiger partial charge in [-0.25, -0.2) is 4.79 Å². The number of piperazine rings is 1. The second kappa shape index (κ2) is 9.03. The number of nitrogens with zero attached hydrogens (tertiary/aromatic N) is 1. The highest BCUT2D eigenvalue weighted by Crippen LogP contribution is 2.15. The number of rotatable bonds is 5. The molecule has 2 rings (SSSR count). The largest absolute Gasteiger partial charge is 0.465 e. The molecule has 0 aliphatic carbocycles. The van der Waals surface area contributed by atoms with Crippen molar-refractivity contribution in [3.05, 3.63) is 35.4 Å². The zero-order valence-electron chi connectivity index (χ0n) is 12.8. The first-order valence-electron chi connectivity index (χ1n) is 7.36. The lowest BCUT2D eigenvalue weighted by Crippen LogP contribution is -2.50. The molecule has 1 heterocycles. The Labute approximate surface area is 133 Å². The molecule has 1 N–H and O–H groups in total. The minimum Gasteiger partial charge on any atom is -0.465 e. The Morgan fingerprint density at radius 3 is 3.00 bits per heavy atom. The van der Waals surface area contributed by atoms with Crippen molar-refractivity contribution in [2.75, 3.05) is 26.7 Å². The van der Waals surface area contributed by atoms with Crippen LogP contribution >= 0.6 is 12.4 Å². The molecule has 5 heteroatoms. The van der Waals surface area contributed by atoms with E-state index in [2.05, 4.69) is 23.2 Å². The van der Waals surface area contributed by atoms with E-state index in [1.807, 2.05) is 12.1 Å². The van der Waals surface area contributed by atoms with Gasteiger partial charge in [-0.15, -0.1) is 12.4 Å². The molecule has 118 valence electrons. The van der Waals surface area contributed by atoms with Gasteiger partial charge in [-0.2, -0.15) is 0 Å². The van der Waals surface area contributed by atoms with Crippen LogP contribution in [0.15, 0.2) is 24.3 Å². The summed E-state index contributed by atoms with van der Waals surface area (Å²) < 4.78 is 4.78. The number of carbonyl (C=O) groups excluding carboxylic acids is 1. The summed E-state index contributed by atoms with van der Waals surface area (Å²) in [5.41, 5.74) is 1.81. The van der Waals surface area contributed by atoms with Crippen LogP contribution in [0.3, 0.4) is 0 Å². The molecule has 0 aromatic heterocycles. The van der Waals surface area contributed by atoms with Crippen molar-refractivity contribution in [2.24, 2.45) is 0 Å². The lowest BCUT2D eigenvalue weighted by atomic mass is 10.1. The average molecular weight is 313 g/mol. The summed E-state index contributed by atoms with van der Waals surface area (Å²) >= 11 is 0.